The highest BCUT2D eigenvalue weighted by atomic mass is 35.5. The van der Waals surface area contributed by atoms with Crippen molar-refractivity contribution < 1.29 is 13.9 Å². The van der Waals surface area contributed by atoms with Crippen molar-refractivity contribution >= 4 is 17.2 Å². The van der Waals surface area contributed by atoms with Gasteiger partial charge in [-0.2, -0.15) is 0 Å². The van der Waals surface area contributed by atoms with E-state index in [-0.39, 0.29) is 5.82 Å². The van der Waals surface area contributed by atoms with Crippen molar-refractivity contribution in [3.8, 4) is 0 Å². The van der Waals surface area contributed by atoms with Crippen LogP contribution >= 0.6 is 11.6 Å². The Morgan fingerprint density at radius 2 is 2.00 bits per heavy atom. The van der Waals surface area contributed by atoms with E-state index < -0.39 is 5.79 Å². The van der Waals surface area contributed by atoms with Crippen LogP contribution in [0, 0.1) is 5.82 Å². The summed E-state index contributed by atoms with van der Waals surface area (Å²) < 4.78 is 25.1. The number of hydrogen-bond acceptors (Lipinski definition) is 2. The predicted molar refractivity (Wildman–Crippen MR) is 67.9 cm³/mol. The Balaban J connectivity index is 1.84. The molecule has 2 nitrogen and oxygen atoms in total. The van der Waals surface area contributed by atoms with Crippen LogP contribution in [-0.4, -0.2) is 19.0 Å². The minimum absolute atomic E-state index is 0.266. The molecule has 2 aliphatic rings. The summed E-state index contributed by atoms with van der Waals surface area (Å²) in [6.45, 7) is 1.30. The summed E-state index contributed by atoms with van der Waals surface area (Å²) in [5.74, 6) is -0.718. The van der Waals surface area contributed by atoms with E-state index in [1.165, 1.54) is 6.07 Å². The topological polar surface area (TPSA) is 18.5 Å². The number of halogens is 2. The zero-order valence-electron chi connectivity index (χ0n) is 9.92. The van der Waals surface area contributed by atoms with Crippen molar-refractivity contribution in [1.82, 2.24) is 0 Å². The smallest absolute Gasteiger partial charge is 0.172 e. The van der Waals surface area contributed by atoms with Gasteiger partial charge in [0.15, 0.2) is 5.79 Å². The Hall–Kier alpha value is -0.900. The molecule has 96 valence electrons. The van der Waals surface area contributed by atoms with Crippen molar-refractivity contribution in [2.24, 2.45) is 0 Å². The molecule has 0 bridgehead atoms. The maximum atomic E-state index is 13.8. The summed E-state index contributed by atoms with van der Waals surface area (Å²) in [6.07, 6.45) is 4.24. The first kappa shape index (κ1) is 12.2. The van der Waals surface area contributed by atoms with Gasteiger partial charge in [-0.05, 0) is 24.1 Å². The van der Waals surface area contributed by atoms with Crippen LogP contribution in [0.2, 0.25) is 5.02 Å². The molecule has 1 spiro atoms. The summed E-state index contributed by atoms with van der Waals surface area (Å²) in [5.41, 5.74) is 1.64. The SMILES string of the molecule is Fc1cc(Cl)ccc1C1=CCC2(CC1)OCCO2. The van der Waals surface area contributed by atoms with E-state index in [0.717, 1.165) is 18.4 Å². The Labute approximate surface area is 110 Å². The molecule has 4 heteroatoms. The lowest BCUT2D eigenvalue weighted by Crippen LogP contribution is -2.31. The molecule has 1 aliphatic heterocycles. The number of rotatable bonds is 1. The van der Waals surface area contributed by atoms with E-state index in [4.69, 9.17) is 21.1 Å². The molecule has 1 aromatic rings. The first-order valence-corrected chi connectivity index (χ1v) is 6.49. The van der Waals surface area contributed by atoms with Crippen molar-refractivity contribution in [2.75, 3.05) is 13.2 Å². The van der Waals surface area contributed by atoms with Crippen LogP contribution in [0.25, 0.3) is 5.57 Å². The van der Waals surface area contributed by atoms with Crippen molar-refractivity contribution in [3.05, 3.63) is 40.7 Å². The zero-order chi connectivity index (χ0) is 12.6. The molecule has 0 unspecified atom stereocenters. The largest absolute Gasteiger partial charge is 0.347 e. The summed E-state index contributed by atoms with van der Waals surface area (Å²) >= 11 is 5.75. The molecule has 0 radical (unpaired) electrons. The minimum Gasteiger partial charge on any atom is -0.347 e. The Bertz CT molecular complexity index is 493. The monoisotopic (exact) mass is 268 g/mol. The highest BCUT2D eigenvalue weighted by Gasteiger charge is 2.37. The second kappa shape index (κ2) is 4.65. The van der Waals surface area contributed by atoms with Crippen LogP contribution < -0.4 is 0 Å². The normalized spacial score (nSPS) is 22.2. The van der Waals surface area contributed by atoms with Crippen molar-refractivity contribution in [1.29, 1.82) is 0 Å². The van der Waals surface area contributed by atoms with Gasteiger partial charge < -0.3 is 9.47 Å². The second-order valence-corrected chi connectivity index (χ2v) is 5.10. The molecular weight excluding hydrogens is 255 g/mol. The molecule has 1 aliphatic carbocycles. The highest BCUT2D eigenvalue weighted by Crippen LogP contribution is 2.38. The van der Waals surface area contributed by atoms with Gasteiger partial charge >= 0.3 is 0 Å². The van der Waals surface area contributed by atoms with Crippen molar-refractivity contribution in [3.63, 3.8) is 0 Å². The second-order valence-electron chi connectivity index (χ2n) is 4.67. The molecule has 1 aromatic carbocycles. The molecule has 18 heavy (non-hydrogen) atoms. The van der Waals surface area contributed by atoms with Crippen LogP contribution in [0.4, 0.5) is 4.39 Å². The number of allylic oxidation sites excluding steroid dienone is 1. The van der Waals surface area contributed by atoms with Gasteiger partial charge in [0.2, 0.25) is 0 Å². The first-order chi connectivity index (χ1) is 8.69. The fourth-order valence-corrected chi connectivity index (χ4v) is 2.72. The van der Waals surface area contributed by atoms with Gasteiger partial charge in [-0.25, -0.2) is 4.39 Å². The Morgan fingerprint density at radius 3 is 2.61 bits per heavy atom. The van der Waals surface area contributed by atoms with Gasteiger partial charge in [0.05, 0.1) is 13.2 Å². The molecule has 0 amide bonds. The first-order valence-electron chi connectivity index (χ1n) is 6.11. The number of hydrogen-bond donors (Lipinski definition) is 0. The van der Waals surface area contributed by atoms with Crippen LogP contribution in [0.15, 0.2) is 24.3 Å². The molecule has 0 atom stereocenters. The van der Waals surface area contributed by atoms with Gasteiger partial charge in [0.25, 0.3) is 0 Å². The molecule has 0 aromatic heterocycles. The fourth-order valence-electron chi connectivity index (χ4n) is 2.56. The Morgan fingerprint density at radius 1 is 1.22 bits per heavy atom. The number of benzene rings is 1. The minimum atomic E-state index is -0.452. The van der Waals surface area contributed by atoms with Gasteiger partial charge in [-0.15, -0.1) is 0 Å². The maximum absolute atomic E-state index is 13.8. The lowest BCUT2D eigenvalue weighted by molar-refractivity contribution is -0.159. The Kier molecular flexibility index (Phi) is 3.14. The summed E-state index contributed by atoms with van der Waals surface area (Å²) in [5, 5.41) is 0.423. The van der Waals surface area contributed by atoms with Gasteiger partial charge in [0, 0.05) is 23.4 Å². The summed E-state index contributed by atoms with van der Waals surface area (Å²) in [6, 6.07) is 4.80. The molecule has 1 fully saturated rings. The third-order valence-electron chi connectivity index (χ3n) is 3.53. The predicted octanol–water partition coefficient (Wildman–Crippen LogP) is 3.79. The van der Waals surface area contributed by atoms with E-state index in [0.29, 0.717) is 30.2 Å². The van der Waals surface area contributed by atoms with E-state index in [1.807, 2.05) is 6.08 Å². The van der Waals surface area contributed by atoms with E-state index >= 15 is 0 Å². The van der Waals surface area contributed by atoms with E-state index in [1.54, 1.807) is 12.1 Å². The molecule has 0 saturated carbocycles. The fraction of sp³-hybridized carbons (Fsp3) is 0.429. The third-order valence-corrected chi connectivity index (χ3v) is 3.76. The molecule has 1 saturated heterocycles. The molecule has 3 rings (SSSR count). The average Bonchev–Trinajstić information content (AvgIpc) is 2.80. The summed E-state index contributed by atoms with van der Waals surface area (Å²) in [4.78, 5) is 0. The molecule has 0 N–H and O–H groups in total. The molecule has 1 heterocycles. The lowest BCUT2D eigenvalue weighted by atomic mass is 9.89. The van der Waals surface area contributed by atoms with E-state index in [9.17, 15) is 4.39 Å². The third kappa shape index (κ3) is 2.18. The van der Waals surface area contributed by atoms with Crippen LogP contribution in [0.5, 0.6) is 0 Å². The highest BCUT2D eigenvalue weighted by molar-refractivity contribution is 6.30. The van der Waals surface area contributed by atoms with Crippen LogP contribution in [-0.2, 0) is 9.47 Å². The van der Waals surface area contributed by atoms with Gasteiger partial charge in [-0.3, -0.25) is 0 Å². The van der Waals surface area contributed by atoms with Gasteiger partial charge in [-0.1, -0.05) is 23.7 Å². The maximum Gasteiger partial charge on any atom is 0.172 e. The quantitative estimate of drug-likeness (QED) is 0.771. The van der Waals surface area contributed by atoms with Gasteiger partial charge in [0.1, 0.15) is 5.82 Å². The van der Waals surface area contributed by atoms with Crippen LogP contribution in [0.1, 0.15) is 24.8 Å². The summed E-state index contributed by atoms with van der Waals surface area (Å²) in [7, 11) is 0. The standard InChI is InChI=1S/C14H14ClFO2/c15-11-1-2-12(13(16)9-11)10-3-5-14(6-4-10)17-7-8-18-14/h1-3,9H,4-8H2. The zero-order valence-corrected chi connectivity index (χ0v) is 10.7. The van der Waals surface area contributed by atoms with Crippen molar-refractivity contribution in [2.45, 2.75) is 25.0 Å². The lowest BCUT2D eigenvalue weighted by Gasteiger charge is -2.30. The number of ether oxygens (including phenoxy) is 2. The molecular formula is C14H14ClFO2. The van der Waals surface area contributed by atoms with E-state index in [2.05, 4.69) is 0 Å². The average molecular weight is 269 g/mol. The van der Waals surface area contributed by atoms with Crippen LogP contribution in [0.3, 0.4) is 0 Å².